The molecule has 0 unspecified atom stereocenters. The van der Waals surface area contributed by atoms with Crippen molar-refractivity contribution in [1.82, 2.24) is 15.1 Å². The van der Waals surface area contributed by atoms with Gasteiger partial charge in [-0.3, -0.25) is 9.69 Å². The smallest absolute Gasteiger partial charge is 0.225 e. The summed E-state index contributed by atoms with van der Waals surface area (Å²) in [6.45, 7) is 5.80. The first-order valence-electron chi connectivity index (χ1n) is 8.71. The lowest BCUT2D eigenvalue weighted by molar-refractivity contribution is -0.138. The summed E-state index contributed by atoms with van der Waals surface area (Å²) in [6.07, 6.45) is 1.90. The van der Waals surface area contributed by atoms with Gasteiger partial charge >= 0.3 is 0 Å². The lowest BCUT2D eigenvalue weighted by atomic mass is 9.96. The predicted octanol–water partition coefficient (Wildman–Crippen LogP) is 1.90. The van der Waals surface area contributed by atoms with E-state index in [0.29, 0.717) is 12.5 Å². The van der Waals surface area contributed by atoms with Crippen LogP contribution in [0.4, 0.5) is 4.39 Å². The number of halogens is 2. The standard InChI is InChI=1S/C18H26FN3O2.ClH/c1-24-17-3-2-14(12-16(17)19)13-21-8-10-22(11-9-21)18(23)15-4-6-20-7-5-15;/h2-3,12,15,20H,4-11,13H2,1H3;1H. The summed E-state index contributed by atoms with van der Waals surface area (Å²) in [5, 5.41) is 3.30. The van der Waals surface area contributed by atoms with Gasteiger partial charge in [0.15, 0.2) is 11.6 Å². The number of piperidine rings is 1. The average molecular weight is 372 g/mol. The van der Waals surface area contributed by atoms with Gasteiger partial charge in [0.05, 0.1) is 7.11 Å². The van der Waals surface area contributed by atoms with Crippen molar-refractivity contribution in [2.75, 3.05) is 46.4 Å². The first-order valence-corrected chi connectivity index (χ1v) is 8.71. The molecule has 25 heavy (non-hydrogen) atoms. The Morgan fingerprint density at radius 2 is 1.92 bits per heavy atom. The molecule has 0 radical (unpaired) electrons. The number of nitrogens with zero attached hydrogens (tertiary/aromatic N) is 2. The summed E-state index contributed by atoms with van der Waals surface area (Å²) in [5.74, 6) is 0.450. The van der Waals surface area contributed by atoms with Gasteiger partial charge in [0, 0.05) is 38.6 Å². The van der Waals surface area contributed by atoms with E-state index in [4.69, 9.17) is 4.74 Å². The number of carbonyl (C=O) groups is 1. The molecule has 2 aliphatic heterocycles. The molecule has 0 aromatic heterocycles. The third kappa shape index (κ3) is 5.06. The highest BCUT2D eigenvalue weighted by Gasteiger charge is 2.28. The maximum Gasteiger partial charge on any atom is 0.225 e. The summed E-state index contributed by atoms with van der Waals surface area (Å²) in [7, 11) is 1.47. The normalized spacial score (nSPS) is 19.4. The first-order chi connectivity index (χ1) is 11.7. The monoisotopic (exact) mass is 371 g/mol. The highest BCUT2D eigenvalue weighted by atomic mass is 35.5. The molecular formula is C18H27ClFN3O2. The molecule has 1 aromatic carbocycles. The maximum absolute atomic E-state index is 13.8. The average Bonchev–Trinajstić information content (AvgIpc) is 2.63. The molecule has 0 atom stereocenters. The van der Waals surface area contributed by atoms with E-state index in [2.05, 4.69) is 10.2 Å². The van der Waals surface area contributed by atoms with Crippen LogP contribution >= 0.6 is 12.4 Å². The molecule has 3 rings (SSSR count). The highest BCUT2D eigenvalue weighted by Crippen LogP contribution is 2.20. The van der Waals surface area contributed by atoms with E-state index in [0.717, 1.165) is 57.7 Å². The van der Waals surface area contributed by atoms with Crippen molar-refractivity contribution in [3.05, 3.63) is 29.6 Å². The van der Waals surface area contributed by atoms with Gasteiger partial charge in [0.1, 0.15) is 0 Å². The second-order valence-corrected chi connectivity index (χ2v) is 6.59. The van der Waals surface area contributed by atoms with E-state index in [1.54, 1.807) is 6.07 Å². The van der Waals surface area contributed by atoms with E-state index < -0.39 is 0 Å². The van der Waals surface area contributed by atoms with Crippen LogP contribution in [0.5, 0.6) is 5.75 Å². The molecule has 2 heterocycles. The van der Waals surface area contributed by atoms with Crippen molar-refractivity contribution in [3.63, 3.8) is 0 Å². The minimum absolute atomic E-state index is 0. The molecule has 1 N–H and O–H groups in total. The van der Waals surface area contributed by atoms with Gasteiger partial charge < -0.3 is 15.0 Å². The van der Waals surface area contributed by atoms with Crippen LogP contribution in [0.15, 0.2) is 18.2 Å². The third-order valence-electron chi connectivity index (χ3n) is 4.99. The minimum atomic E-state index is -0.324. The van der Waals surface area contributed by atoms with Gasteiger partial charge in [-0.25, -0.2) is 4.39 Å². The van der Waals surface area contributed by atoms with Crippen LogP contribution in [0.3, 0.4) is 0 Å². The number of piperazine rings is 1. The zero-order chi connectivity index (χ0) is 16.9. The minimum Gasteiger partial charge on any atom is -0.494 e. The molecule has 7 heteroatoms. The van der Waals surface area contributed by atoms with E-state index in [9.17, 15) is 9.18 Å². The number of nitrogens with one attached hydrogen (secondary N) is 1. The fourth-order valence-electron chi connectivity index (χ4n) is 3.52. The Kier molecular flexibility index (Phi) is 7.47. The summed E-state index contributed by atoms with van der Waals surface area (Å²) < 4.78 is 18.7. The number of ether oxygens (including phenoxy) is 1. The molecule has 0 aliphatic carbocycles. The van der Waals surface area contributed by atoms with E-state index >= 15 is 0 Å². The Morgan fingerprint density at radius 3 is 2.52 bits per heavy atom. The van der Waals surface area contributed by atoms with Gasteiger partial charge in [-0.1, -0.05) is 6.07 Å². The van der Waals surface area contributed by atoms with Crippen LogP contribution < -0.4 is 10.1 Å². The summed E-state index contributed by atoms with van der Waals surface area (Å²) >= 11 is 0. The zero-order valence-corrected chi connectivity index (χ0v) is 15.5. The van der Waals surface area contributed by atoms with Crippen LogP contribution in [0.1, 0.15) is 18.4 Å². The molecular weight excluding hydrogens is 345 g/mol. The molecule has 0 bridgehead atoms. The number of methoxy groups -OCH3 is 1. The fraction of sp³-hybridized carbons (Fsp3) is 0.611. The number of amides is 1. The second-order valence-electron chi connectivity index (χ2n) is 6.59. The van der Waals surface area contributed by atoms with Crippen molar-refractivity contribution in [3.8, 4) is 5.75 Å². The van der Waals surface area contributed by atoms with E-state index in [1.807, 2.05) is 11.0 Å². The van der Waals surface area contributed by atoms with Gasteiger partial charge in [-0.15, -0.1) is 12.4 Å². The van der Waals surface area contributed by atoms with Gasteiger partial charge in [0.25, 0.3) is 0 Å². The molecule has 2 fully saturated rings. The maximum atomic E-state index is 13.8. The number of rotatable bonds is 4. The summed E-state index contributed by atoms with van der Waals surface area (Å²) in [4.78, 5) is 16.8. The predicted molar refractivity (Wildman–Crippen MR) is 97.7 cm³/mol. The molecule has 1 amide bonds. The van der Waals surface area contributed by atoms with Crippen LogP contribution in [-0.2, 0) is 11.3 Å². The number of benzene rings is 1. The topological polar surface area (TPSA) is 44.8 Å². The SMILES string of the molecule is COc1ccc(CN2CCN(C(=O)C3CCNCC3)CC2)cc1F.Cl. The molecule has 2 saturated heterocycles. The Bertz CT molecular complexity index is 573. The van der Waals surface area contributed by atoms with Gasteiger partial charge in [-0.2, -0.15) is 0 Å². The van der Waals surface area contributed by atoms with Crippen molar-refractivity contribution in [1.29, 1.82) is 0 Å². The Hall–Kier alpha value is -1.37. The third-order valence-corrected chi connectivity index (χ3v) is 4.99. The van der Waals surface area contributed by atoms with E-state index in [-0.39, 0.29) is 29.9 Å². The fourth-order valence-corrected chi connectivity index (χ4v) is 3.52. The summed E-state index contributed by atoms with van der Waals surface area (Å²) in [6, 6.07) is 5.10. The van der Waals surface area contributed by atoms with Gasteiger partial charge in [0.2, 0.25) is 5.91 Å². The Morgan fingerprint density at radius 1 is 1.24 bits per heavy atom. The lowest BCUT2D eigenvalue weighted by Crippen LogP contribution is -2.51. The van der Waals surface area contributed by atoms with Gasteiger partial charge in [-0.05, 0) is 43.6 Å². The quantitative estimate of drug-likeness (QED) is 0.878. The molecule has 0 saturated carbocycles. The van der Waals surface area contributed by atoms with Crippen molar-refractivity contribution in [2.24, 2.45) is 5.92 Å². The van der Waals surface area contributed by atoms with Crippen molar-refractivity contribution >= 4 is 18.3 Å². The highest BCUT2D eigenvalue weighted by molar-refractivity contribution is 5.85. The molecule has 0 spiro atoms. The number of carbonyl (C=O) groups excluding carboxylic acids is 1. The number of hydrogen-bond acceptors (Lipinski definition) is 4. The van der Waals surface area contributed by atoms with Crippen molar-refractivity contribution in [2.45, 2.75) is 19.4 Å². The first kappa shape index (κ1) is 19.9. The largest absolute Gasteiger partial charge is 0.494 e. The Balaban J connectivity index is 0.00000225. The van der Waals surface area contributed by atoms with Crippen LogP contribution in [0, 0.1) is 11.7 Å². The zero-order valence-electron chi connectivity index (χ0n) is 14.7. The lowest BCUT2D eigenvalue weighted by Gasteiger charge is -2.37. The number of hydrogen-bond donors (Lipinski definition) is 1. The van der Waals surface area contributed by atoms with E-state index in [1.165, 1.54) is 13.2 Å². The Labute approximate surface area is 154 Å². The molecule has 140 valence electrons. The van der Waals surface area contributed by atoms with Crippen LogP contribution in [-0.4, -0.2) is 62.1 Å². The molecule has 1 aromatic rings. The van der Waals surface area contributed by atoms with Crippen LogP contribution in [0.25, 0.3) is 0 Å². The van der Waals surface area contributed by atoms with Crippen LogP contribution in [0.2, 0.25) is 0 Å². The molecule has 2 aliphatic rings. The second kappa shape index (κ2) is 9.36. The van der Waals surface area contributed by atoms with Crippen molar-refractivity contribution < 1.29 is 13.9 Å². The summed E-state index contributed by atoms with van der Waals surface area (Å²) in [5.41, 5.74) is 0.937. The molecule has 5 nitrogen and oxygen atoms in total.